The first-order valence-corrected chi connectivity index (χ1v) is 9.90. The zero-order valence-electron chi connectivity index (χ0n) is 16.6. The summed E-state index contributed by atoms with van der Waals surface area (Å²) in [6, 6.07) is 16.8. The van der Waals surface area contributed by atoms with E-state index in [0.29, 0.717) is 19.2 Å². The number of amides is 1. The molecule has 0 radical (unpaired) electrons. The summed E-state index contributed by atoms with van der Waals surface area (Å²) in [6.45, 7) is 8.20. The van der Waals surface area contributed by atoms with Crippen molar-refractivity contribution in [1.82, 2.24) is 10.2 Å². The number of carbonyl (C=O) groups excluding carboxylic acids is 1. The third-order valence-corrected chi connectivity index (χ3v) is 5.32. The highest BCUT2D eigenvalue weighted by atomic mass is 16.5. The van der Waals surface area contributed by atoms with Crippen LogP contribution in [0.25, 0.3) is 0 Å². The second kappa shape index (κ2) is 9.05. The zero-order chi connectivity index (χ0) is 19.2. The molecule has 0 saturated carbocycles. The molecule has 0 bridgehead atoms. The fourth-order valence-corrected chi connectivity index (χ4v) is 3.97. The van der Waals surface area contributed by atoms with E-state index >= 15 is 0 Å². The summed E-state index contributed by atoms with van der Waals surface area (Å²) in [5, 5.41) is 3.16. The van der Waals surface area contributed by atoms with Crippen molar-refractivity contribution in [3.63, 3.8) is 0 Å². The average molecular weight is 367 g/mol. The van der Waals surface area contributed by atoms with Crippen LogP contribution in [-0.2, 0) is 4.79 Å². The monoisotopic (exact) mass is 366 g/mol. The number of hydrogen-bond donors (Lipinski definition) is 1. The van der Waals surface area contributed by atoms with Crippen LogP contribution in [0, 0.1) is 6.92 Å². The molecule has 1 heterocycles. The molecule has 27 heavy (non-hydrogen) atoms. The van der Waals surface area contributed by atoms with Gasteiger partial charge in [0.05, 0.1) is 19.2 Å². The van der Waals surface area contributed by atoms with Crippen LogP contribution in [0.5, 0.6) is 5.75 Å². The third kappa shape index (κ3) is 4.89. The topological polar surface area (TPSA) is 41.6 Å². The highest BCUT2D eigenvalue weighted by molar-refractivity contribution is 5.78. The number of hydrogen-bond acceptors (Lipinski definition) is 3. The number of aryl methyl sites for hydroxylation is 1. The Morgan fingerprint density at radius 3 is 2.67 bits per heavy atom. The van der Waals surface area contributed by atoms with Gasteiger partial charge >= 0.3 is 0 Å². The van der Waals surface area contributed by atoms with Crippen LogP contribution in [0.3, 0.4) is 0 Å². The summed E-state index contributed by atoms with van der Waals surface area (Å²) < 4.78 is 5.53. The molecule has 0 aromatic heterocycles. The number of likely N-dealkylation sites (tertiary alicyclic amines) is 1. The van der Waals surface area contributed by atoms with Crippen LogP contribution in [0.1, 0.15) is 55.5 Å². The van der Waals surface area contributed by atoms with Crippen LogP contribution in [0.4, 0.5) is 0 Å². The van der Waals surface area contributed by atoms with E-state index in [1.807, 2.05) is 38.1 Å². The minimum atomic E-state index is 0.0187. The van der Waals surface area contributed by atoms with Crippen molar-refractivity contribution in [1.29, 1.82) is 0 Å². The summed E-state index contributed by atoms with van der Waals surface area (Å²) in [4.78, 5) is 14.9. The van der Waals surface area contributed by atoms with Gasteiger partial charge in [-0.15, -0.1) is 0 Å². The second-order valence-electron chi connectivity index (χ2n) is 7.28. The Kier molecular flexibility index (Phi) is 6.51. The lowest BCUT2D eigenvalue weighted by Crippen LogP contribution is -2.38. The molecule has 1 saturated heterocycles. The molecule has 4 nitrogen and oxygen atoms in total. The number of nitrogens with one attached hydrogen (secondary N) is 1. The smallest absolute Gasteiger partial charge is 0.234 e. The maximum absolute atomic E-state index is 12.6. The largest absolute Gasteiger partial charge is 0.494 e. The average Bonchev–Trinajstić information content (AvgIpc) is 3.11. The van der Waals surface area contributed by atoms with Crippen molar-refractivity contribution in [2.75, 3.05) is 19.7 Å². The van der Waals surface area contributed by atoms with Crippen molar-refractivity contribution in [3.05, 3.63) is 65.2 Å². The zero-order valence-corrected chi connectivity index (χ0v) is 16.6. The molecule has 1 amide bonds. The van der Waals surface area contributed by atoms with Gasteiger partial charge in [0.2, 0.25) is 5.91 Å². The minimum Gasteiger partial charge on any atom is -0.494 e. The number of ether oxygens (including phenoxy) is 1. The molecular weight excluding hydrogens is 336 g/mol. The molecule has 1 aliphatic rings. The molecular formula is C23H30N2O2. The number of benzene rings is 2. The summed E-state index contributed by atoms with van der Waals surface area (Å²) >= 11 is 0. The second-order valence-corrected chi connectivity index (χ2v) is 7.28. The summed E-state index contributed by atoms with van der Waals surface area (Å²) in [5.41, 5.74) is 3.64. The van der Waals surface area contributed by atoms with Crippen LogP contribution in [-0.4, -0.2) is 30.5 Å². The van der Waals surface area contributed by atoms with Crippen molar-refractivity contribution in [2.24, 2.45) is 0 Å². The Bertz CT molecular complexity index is 757. The fourth-order valence-electron chi connectivity index (χ4n) is 3.97. The van der Waals surface area contributed by atoms with Crippen molar-refractivity contribution in [3.8, 4) is 5.75 Å². The minimum absolute atomic E-state index is 0.0187. The molecule has 144 valence electrons. The molecule has 0 spiro atoms. The normalized spacial score (nSPS) is 18.3. The first kappa shape index (κ1) is 19.4. The number of carbonyl (C=O) groups is 1. The van der Waals surface area contributed by atoms with Crippen LogP contribution in [0.2, 0.25) is 0 Å². The van der Waals surface area contributed by atoms with E-state index in [2.05, 4.69) is 41.4 Å². The summed E-state index contributed by atoms with van der Waals surface area (Å²) in [5.74, 6) is 0.985. The van der Waals surface area contributed by atoms with E-state index < -0.39 is 0 Å². The molecule has 2 unspecified atom stereocenters. The predicted molar refractivity (Wildman–Crippen MR) is 109 cm³/mol. The molecule has 1 fully saturated rings. The molecule has 2 aromatic rings. The molecule has 1 aliphatic heterocycles. The fraction of sp³-hybridized carbons (Fsp3) is 0.435. The van der Waals surface area contributed by atoms with Crippen molar-refractivity contribution < 1.29 is 9.53 Å². The van der Waals surface area contributed by atoms with Crippen molar-refractivity contribution in [2.45, 2.75) is 45.7 Å². The van der Waals surface area contributed by atoms with Crippen LogP contribution in [0.15, 0.2) is 48.5 Å². The Balaban J connectivity index is 1.60. The standard InChI is InChI=1S/C23H30N2O2/c1-4-27-20-13-11-19(12-14-20)22-10-7-15-25(22)16-23(26)24-18(3)21-9-6-5-8-17(21)2/h5-6,8-9,11-14,18,22H,4,7,10,15-16H2,1-3H3,(H,24,26). The first-order chi connectivity index (χ1) is 13.1. The number of nitrogens with zero attached hydrogens (tertiary/aromatic N) is 1. The van der Waals surface area contributed by atoms with Gasteiger partial charge in [-0.3, -0.25) is 9.69 Å². The van der Waals surface area contributed by atoms with E-state index in [9.17, 15) is 4.79 Å². The van der Waals surface area contributed by atoms with Crippen molar-refractivity contribution >= 4 is 5.91 Å². The van der Waals surface area contributed by atoms with Crippen LogP contribution >= 0.6 is 0 Å². The Morgan fingerprint density at radius 1 is 1.22 bits per heavy atom. The maximum atomic E-state index is 12.6. The third-order valence-electron chi connectivity index (χ3n) is 5.32. The van der Waals surface area contributed by atoms with Gasteiger partial charge in [0.25, 0.3) is 0 Å². The van der Waals surface area contributed by atoms with E-state index in [1.165, 1.54) is 16.7 Å². The van der Waals surface area contributed by atoms with Gasteiger partial charge in [-0.2, -0.15) is 0 Å². The van der Waals surface area contributed by atoms with E-state index in [0.717, 1.165) is 25.1 Å². The van der Waals surface area contributed by atoms with Gasteiger partial charge in [-0.25, -0.2) is 0 Å². The van der Waals surface area contributed by atoms with Gasteiger partial charge in [0, 0.05) is 6.04 Å². The molecule has 3 rings (SSSR count). The Labute approximate surface area is 162 Å². The quantitative estimate of drug-likeness (QED) is 0.789. The lowest BCUT2D eigenvalue weighted by molar-refractivity contribution is -0.123. The van der Waals surface area contributed by atoms with Gasteiger partial charge in [-0.1, -0.05) is 36.4 Å². The van der Waals surface area contributed by atoms with E-state index in [1.54, 1.807) is 0 Å². The van der Waals surface area contributed by atoms with Crippen LogP contribution < -0.4 is 10.1 Å². The Hall–Kier alpha value is -2.33. The summed E-state index contributed by atoms with van der Waals surface area (Å²) in [6.07, 6.45) is 2.22. The molecule has 0 aliphatic carbocycles. The maximum Gasteiger partial charge on any atom is 0.234 e. The predicted octanol–water partition coefficient (Wildman–Crippen LogP) is 4.41. The van der Waals surface area contributed by atoms with Gasteiger partial charge in [0.1, 0.15) is 5.75 Å². The van der Waals surface area contributed by atoms with Gasteiger partial charge in [0.15, 0.2) is 0 Å². The Morgan fingerprint density at radius 2 is 1.96 bits per heavy atom. The van der Waals surface area contributed by atoms with Gasteiger partial charge < -0.3 is 10.1 Å². The lowest BCUT2D eigenvalue weighted by atomic mass is 10.0. The molecule has 2 aromatic carbocycles. The van der Waals surface area contributed by atoms with E-state index in [4.69, 9.17) is 4.74 Å². The molecule has 4 heteroatoms. The highest BCUT2D eigenvalue weighted by Gasteiger charge is 2.28. The number of rotatable bonds is 7. The molecule has 1 N–H and O–H groups in total. The summed E-state index contributed by atoms with van der Waals surface area (Å²) in [7, 11) is 0. The first-order valence-electron chi connectivity index (χ1n) is 9.90. The highest BCUT2D eigenvalue weighted by Crippen LogP contribution is 2.32. The van der Waals surface area contributed by atoms with Gasteiger partial charge in [-0.05, 0) is 69.0 Å². The lowest BCUT2D eigenvalue weighted by Gasteiger charge is -2.25. The molecule has 2 atom stereocenters. The SMILES string of the molecule is CCOc1ccc(C2CCCN2CC(=O)NC(C)c2ccccc2C)cc1. The van der Waals surface area contributed by atoms with E-state index in [-0.39, 0.29) is 11.9 Å².